The molecule has 0 spiro atoms. The number of nitrogens with one attached hydrogen (secondary N) is 2. The third-order valence-electron chi connectivity index (χ3n) is 3.84. The van der Waals surface area contributed by atoms with E-state index in [1.54, 1.807) is 0 Å². The molecule has 2 heterocycles. The van der Waals surface area contributed by atoms with Crippen LogP contribution in [0.15, 0.2) is 9.41 Å². The number of aliphatic imine (C=N–C) groups is 1. The first-order chi connectivity index (χ1) is 11.2. The second-order valence-electron chi connectivity index (χ2n) is 5.68. The van der Waals surface area contributed by atoms with Crippen molar-refractivity contribution in [2.24, 2.45) is 4.99 Å². The Kier molecular flexibility index (Phi) is 10.3. The van der Waals surface area contributed by atoms with Gasteiger partial charge in [-0.15, -0.1) is 24.0 Å². The zero-order chi connectivity index (χ0) is 16.5. The quantitative estimate of drug-likeness (QED) is 0.285. The van der Waals surface area contributed by atoms with Gasteiger partial charge in [0.15, 0.2) is 5.96 Å². The number of rotatable bonds is 7. The summed E-state index contributed by atoms with van der Waals surface area (Å²) in [6, 6.07) is 0. The third-order valence-corrected chi connectivity index (χ3v) is 3.84. The van der Waals surface area contributed by atoms with E-state index in [1.807, 2.05) is 13.8 Å². The van der Waals surface area contributed by atoms with Gasteiger partial charge in [-0.1, -0.05) is 0 Å². The minimum Gasteiger partial charge on any atom is -0.444 e. The Morgan fingerprint density at radius 3 is 2.62 bits per heavy atom. The molecule has 0 saturated carbocycles. The highest BCUT2D eigenvalue weighted by atomic mass is 127. The minimum absolute atomic E-state index is 0. The number of oxazole rings is 1. The zero-order valence-corrected chi connectivity index (χ0v) is 17.3. The summed E-state index contributed by atoms with van der Waals surface area (Å²) < 4.78 is 10.9. The van der Waals surface area contributed by atoms with Crippen LogP contribution in [-0.4, -0.2) is 61.8 Å². The summed E-state index contributed by atoms with van der Waals surface area (Å²) in [7, 11) is 0. The van der Waals surface area contributed by atoms with Crippen LogP contribution in [-0.2, 0) is 11.3 Å². The van der Waals surface area contributed by atoms with E-state index in [1.165, 1.54) is 0 Å². The van der Waals surface area contributed by atoms with Crippen LogP contribution in [0.2, 0.25) is 0 Å². The molecule has 0 radical (unpaired) electrons. The molecule has 7 nitrogen and oxygen atoms in total. The first-order valence-corrected chi connectivity index (χ1v) is 8.44. The Morgan fingerprint density at radius 1 is 1.25 bits per heavy atom. The van der Waals surface area contributed by atoms with Gasteiger partial charge in [0, 0.05) is 26.2 Å². The number of hydrogen-bond donors (Lipinski definition) is 2. The second kappa shape index (κ2) is 11.6. The lowest BCUT2D eigenvalue weighted by atomic mass is 10.3. The summed E-state index contributed by atoms with van der Waals surface area (Å²) in [5, 5.41) is 6.61. The van der Waals surface area contributed by atoms with Gasteiger partial charge in [-0.05, 0) is 33.7 Å². The van der Waals surface area contributed by atoms with E-state index in [9.17, 15) is 0 Å². The van der Waals surface area contributed by atoms with E-state index < -0.39 is 0 Å². The summed E-state index contributed by atoms with van der Waals surface area (Å²) in [5.74, 6) is 2.33. The molecular formula is C16H30IN5O2. The van der Waals surface area contributed by atoms with E-state index in [0.717, 1.165) is 69.8 Å². The van der Waals surface area contributed by atoms with Gasteiger partial charge in [0.2, 0.25) is 5.89 Å². The molecule has 0 bridgehead atoms. The summed E-state index contributed by atoms with van der Waals surface area (Å²) in [6.07, 6.45) is 1.08. The van der Waals surface area contributed by atoms with E-state index in [2.05, 4.69) is 32.4 Å². The average Bonchev–Trinajstić information content (AvgIpc) is 2.88. The van der Waals surface area contributed by atoms with Crippen LogP contribution < -0.4 is 10.6 Å². The minimum atomic E-state index is 0. The number of aromatic nitrogens is 1. The summed E-state index contributed by atoms with van der Waals surface area (Å²) in [6.45, 7) is 13.0. The number of ether oxygens (including phenoxy) is 1. The van der Waals surface area contributed by atoms with Crippen molar-refractivity contribution in [3.8, 4) is 0 Å². The molecule has 1 saturated heterocycles. The van der Waals surface area contributed by atoms with Crippen molar-refractivity contribution >= 4 is 29.9 Å². The summed E-state index contributed by atoms with van der Waals surface area (Å²) in [5.41, 5.74) is 0.929. The smallest absolute Gasteiger partial charge is 0.216 e. The van der Waals surface area contributed by atoms with Crippen molar-refractivity contribution in [3.05, 3.63) is 17.3 Å². The molecule has 0 unspecified atom stereocenters. The first-order valence-electron chi connectivity index (χ1n) is 8.44. The van der Waals surface area contributed by atoms with E-state index in [0.29, 0.717) is 12.4 Å². The molecule has 0 aliphatic carbocycles. The number of nitrogens with zero attached hydrogens (tertiary/aromatic N) is 3. The van der Waals surface area contributed by atoms with Gasteiger partial charge in [-0.2, -0.15) is 0 Å². The molecular weight excluding hydrogens is 421 g/mol. The molecule has 2 rings (SSSR count). The maximum atomic E-state index is 5.56. The summed E-state index contributed by atoms with van der Waals surface area (Å²) >= 11 is 0. The van der Waals surface area contributed by atoms with Gasteiger partial charge in [-0.3, -0.25) is 4.90 Å². The molecule has 1 aliphatic rings. The number of morpholine rings is 1. The highest BCUT2D eigenvalue weighted by Gasteiger charge is 2.09. The van der Waals surface area contributed by atoms with Crippen molar-refractivity contribution in [1.29, 1.82) is 0 Å². The molecule has 1 aliphatic heterocycles. The predicted molar refractivity (Wildman–Crippen MR) is 106 cm³/mol. The van der Waals surface area contributed by atoms with Gasteiger partial charge in [0.1, 0.15) is 12.3 Å². The van der Waals surface area contributed by atoms with Gasteiger partial charge in [-0.25, -0.2) is 9.98 Å². The maximum Gasteiger partial charge on any atom is 0.216 e. The zero-order valence-electron chi connectivity index (χ0n) is 14.9. The molecule has 1 aromatic rings. The standard InChI is InChI=1S/C16H29N5O2.HI/c1-4-17-16(19-12-15-20-13(2)14(3)23-15)18-6-5-7-21-8-10-22-11-9-21;/h4-12H2,1-3H3,(H2,17,18,19);1H. The molecule has 138 valence electrons. The molecule has 0 atom stereocenters. The fraction of sp³-hybridized carbons (Fsp3) is 0.750. The Balaban J connectivity index is 0.00000288. The molecule has 8 heteroatoms. The van der Waals surface area contributed by atoms with Crippen LogP contribution in [0.25, 0.3) is 0 Å². The van der Waals surface area contributed by atoms with Crippen molar-refractivity contribution in [3.63, 3.8) is 0 Å². The lowest BCUT2D eigenvalue weighted by Gasteiger charge is -2.26. The number of aryl methyl sites for hydroxylation is 2. The predicted octanol–water partition coefficient (Wildman–Crippen LogP) is 1.69. The largest absolute Gasteiger partial charge is 0.444 e. The number of hydrogen-bond acceptors (Lipinski definition) is 5. The number of guanidine groups is 1. The van der Waals surface area contributed by atoms with E-state index in [-0.39, 0.29) is 24.0 Å². The molecule has 0 aromatic carbocycles. The SMILES string of the molecule is CCNC(=NCc1nc(C)c(C)o1)NCCCN1CCOCC1.I. The Labute approximate surface area is 161 Å². The average molecular weight is 451 g/mol. The van der Waals surface area contributed by atoms with Crippen LogP contribution in [0.4, 0.5) is 0 Å². The maximum absolute atomic E-state index is 5.56. The molecule has 1 fully saturated rings. The normalized spacial score (nSPS) is 15.9. The van der Waals surface area contributed by atoms with E-state index >= 15 is 0 Å². The first kappa shape index (κ1) is 21.2. The number of halogens is 1. The molecule has 24 heavy (non-hydrogen) atoms. The van der Waals surface area contributed by atoms with Crippen molar-refractivity contribution in [2.45, 2.75) is 33.7 Å². The van der Waals surface area contributed by atoms with Crippen LogP contribution in [0.3, 0.4) is 0 Å². The Bertz CT molecular complexity index is 481. The van der Waals surface area contributed by atoms with E-state index in [4.69, 9.17) is 9.15 Å². The fourth-order valence-corrected chi connectivity index (χ4v) is 2.43. The van der Waals surface area contributed by atoms with Gasteiger partial charge in [0.05, 0.1) is 18.9 Å². The van der Waals surface area contributed by atoms with Crippen LogP contribution >= 0.6 is 24.0 Å². The van der Waals surface area contributed by atoms with Crippen LogP contribution in [0.1, 0.15) is 30.7 Å². The Morgan fingerprint density at radius 2 is 2.00 bits per heavy atom. The lowest BCUT2D eigenvalue weighted by Crippen LogP contribution is -2.40. The topological polar surface area (TPSA) is 74.9 Å². The third kappa shape index (κ3) is 7.35. The fourth-order valence-electron chi connectivity index (χ4n) is 2.43. The van der Waals surface area contributed by atoms with Crippen molar-refractivity contribution < 1.29 is 9.15 Å². The van der Waals surface area contributed by atoms with Crippen molar-refractivity contribution in [1.82, 2.24) is 20.5 Å². The monoisotopic (exact) mass is 451 g/mol. The summed E-state index contributed by atoms with van der Waals surface area (Å²) in [4.78, 5) is 11.3. The van der Waals surface area contributed by atoms with Gasteiger partial charge in [0.25, 0.3) is 0 Å². The van der Waals surface area contributed by atoms with Crippen molar-refractivity contribution in [2.75, 3.05) is 45.9 Å². The highest BCUT2D eigenvalue weighted by molar-refractivity contribution is 14.0. The lowest BCUT2D eigenvalue weighted by molar-refractivity contribution is 0.0376. The Hall–Kier alpha value is -0.870. The van der Waals surface area contributed by atoms with Crippen LogP contribution in [0, 0.1) is 13.8 Å². The van der Waals surface area contributed by atoms with Crippen LogP contribution in [0.5, 0.6) is 0 Å². The second-order valence-corrected chi connectivity index (χ2v) is 5.68. The van der Waals surface area contributed by atoms with Gasteiger partial charge < -0.3 is 19.8 Å². The highest BCUT2D eigenvalue weighted by Crippen LogP contribution is 2.08. The molecule has 2 N–H and O–H groups in total. The molecule has 0 amide bonds. The van der Waals surface area contributed by atoms with Gasteiger partial charge >= 0.3 is 0 Å². The molecule has 1 aromatic heterocycles.